The summed E-state index contributed by atoms with van der Waals surface area (Å²) in [5.74, 6) is 1.09. The van der Waals surface area contributed by atoms with E-state index in [0.29, 0.717) is 6.10 Å². The fraction of sp³-hybridized carbons (Fsp3) is 0.895. The van der Waals surface area contributed by atoms with Gasteiger partial charge in [0.2, 0.25) is 0 Å². The zero-order chi connectivity index (χ0) is 18.2. The Labute approximate surface area is 157 Å². The van der Waals surface area contributed by atoms with Crippen LogP contribution in [-0.2, 0) is 14.3 Å². The number of nitrogens with one attached hydrogen (secondary N) is 1. The molecule has 2 saturated heterocycles. The zero-order valence-electron chi connectivity index (χ0n) is 16.1. The summed E-state index contributed by atoms with van der Waals surface area (Å²) in [7, 11) is 1.82. The van der Waals surface area contributed by atoms with E-state index in [-0.39, 0.29) is 12.0 Å². The van der Waals surface area contributed by atoms with Crippen molar-refractivity contribution < 1.29 is 14.3 Å². The summed E-state index contributed by atoms with van der Waals surface area (Å²) in [5.41, 5.74) is 0. The van der Waals surface area contributed by atoms with Crippen molar-refractivity contribution in [2.75, 3.05) is 53.0 Å². The Kier molecular flexibility index (Phi) is 7.55. The zero-order valence-corrected chi connectivity index (χ0v) is 16.1. The third-order valence-electron chi connectivity index (χ3n) is 5.57. The minimum Gasteiger partial charge on any atom is -0.378 e. The molecule has 3 aliphatic rings. The molecule has 1 saturated carbocycles. The maximum Gasteiger partial charge on any atom is 0.251 e. The Morgan fingerprint density at radius 2 is 1.85 bits per heavy atom. The Hall–Kier alpha value is -1.34. The highest BCUT2D eigenvalue weighted by molar-refractivity contribution is 5.82. The molecule has 7 nitrogen and oxygen atoms in total. The predicted molar refractivity (Wildman–Crippen MR) is 101 cm³/mol. The van der Waals surface area contributed by atoms with E-state index >= 15 is 0 Å². The molecule has 7 heteroatoms. The molecule has 1 unspecified atom stereocenters. The molecular formula is C19H34N4O3. The van der Waals surface area contributed by atoms with E-state index in [1.165, 1.54) is 25.7 Å². The van der Waals surface area contributed by atoms with E-state index in [2.05, 4.69) is 15.2 Å². The maximum absolute atomic E-state index is 12.4. The molecule has 0 aromatic heterocycles. The topological polar surface area (TPSA) is 66.4 Å². The van der Waals surface area contributed by atoms with Crippen molar-refractivity contribution in [1.29, 1.82) is 0 Å². The number of ether oxygens (including phenoxy) is 2. The predicted octanol–water partition coefficient (Wildman–Crippen LogP) is 1.23. The summed E-state index contributed by atoms with van der Waals surface area (Å²) in [4.78, 5) is 21.0. The van der Waals surface area contributed by atoms with Crippen LogP contribution in [0.5, 0.6) is 0 Å². The molecule has 0 spiro atoms. The smallest absolute Gasteiger partial charge is 0.251 e. The number of guanidine groups is 1. The monoisotopic (exact) mass is 366 g/mol. The van der Waals surface area contributed by atoms with Gasteiger partial charge in [0.15, 0.2) is 5.96 Å². The molecule has 2 heterocycles. The lowest BCUT2D eigenvalue weighted by Crippen LogP contribution is -2.55. The quantitative estimate of drug-likeness (QED) is 0.435. The van der Waals surface area contributed by atoms with Crippen LogP contribution in [-0.4, -0.2) is 86.9 Å². The molecule has 1 amide bonds. The van der Waals surface area contributed by atoms with Crippen molar-refractivity contribution in [1.82, 2.24) is 15.1 Å². The Bertz CT molecular complexity index is 465. The second kappa shape index (κ2) is 10.1. The van der Waals surface area contributed by atoms with Crippen LogP contribution < -0.4 is 5.32 Å². The highest BCUT2D eigenvalue weighted by Gasteiger charge is 2.30. The van der Waals surface area contributed by atoms with Crippen molar-refractivity contribution in [3.63, 3.8) is 0 Å². The number of amides is 1. The summed E-state index contributed by atoms with van der Waals surface area (Å²) < 4.78 is 11.4. The van der Waals surface area contributed by atoms with Gasteiger partial charge in [0, 0.05) is 53.0 Å². The molecule has 3 rings (SSSR count). The van der Waals surface area contributed by atoms with Crippen LogP contribution in [0.2, 0.25) is 0 Å². The number of rotatable bonds is 6. The standard InChI is InChI=1S/C19H34N4O3/c1-20-19(21-9-5-15-25-16-6-2-3-7-16)23-12-10-22(11-13-23)18(24)17-8-4-14-26-17/h16-17H,2-15H2,1H3,(H,20,21). The van der Waals surface area contributed by atoms with Crippen molar-refractivity contribution >= 4 is 11.9 Å². The normalized spacial score (nSPS) is 25.1. The van der Waals surface area contributed by atoms with Gasteiger partial charge in [0.05, 0.1) is 6.10 Å². The van der Waals surface area contributed by atoms with Crippen molar-refractivity contribution in [3.8, 4) is 0 Å². The summed E-state index contributed by atoms with van der Waals surface area (Å²) in [6, 6.07) is 0. The van der Waals surface area contributed by atoms with E-state index in [1.54, 1.807) is 0 Å². The number of carbonyl (C=O) groups is 1. The molecule has 1 aliphatic carbocycles. The second-order valence-corrected chi connectivity index (χ2v) is 7.42. The van der Waals surface area contributed by atoms with Gasteiger partial charge >= 0.3 is 0 Å². The SMILES string of the molecule is CN=C(NCCCOC1CCCC1)N1CCN(C(=O)C2CCCO2)CC1. The van der Waals surface area contributed by atoms with Crippen molar-refractivity contribution in [2.45, 2.75) is 57.2 Å². The average Bonchev–Trinajstić information content (AvgIpc) is 3.38. The van der Waals surface area contributed by atoms with Crippen LogP contribution in [0.4, 0.5) is 0 Å². The first-order valence-corrected chi connectivity index (χ1v) is 10.3. The molecule has 1 N–H and O–H groups in total. The molecule has 2 aliphatic heterocycles. The van der Waals surface area contributed by atoms with Gasteiger partial charge in [-0.3, -0.25) is 9.79 Å². The van der Waals surface area contributed by atoms with Crippen LogP contribution >= 0.6 is 0 Å². The number of hydrogen-bond donors (Lipinski definition) is 1. The molecular weight excluding hydrogens is 332 g/mol. The summed E-state index contributed by atoms with van der Waals surface area (Å²) >= 11 is 0. The van der Waals surface area contributed by atoms with Gasteiger partial charge in [0.1, 0.15) is 6.10 Å². The first-order valence-electron chi connectivity index (χ1n) is 10.3. The molecule has 26 heavy (non-hydrogen) atoms. The Morgan fingerprint density at radius 1 is 1.12 bits per heavy atom. The highest BCUT2D eigenvalue weighted by atomic mass is 16.5. The molecule has 0 radical (unpaired) electrons. The number of hydrogen-bond acceptors (Lipinski definition) is 4. The molecule has 0 bridgehead atoms. The van der Waals surface area contributed by atoms with Crippen LogP contribution in [0, 0.1) is 0 Å². The van der Waals surface area contributed by atoms with E-state index in [4.69, 9.17) is 9.47 Å². The third kappa shape index (κ3) is 5.33. The lowest BCUT2D eigenvalue weighted by atomic mass is 10.2. The highest BCUT2D eigenvalue weighted by Crippen LogP contribution is 2.20. The number of nitrogens with zero attached hydrogens (tertiary/aromatic N) is 3. The van der Waals surface area contributed by atoms with Gasteiger partial charge in [-0.25, -0.2) is 0 Å². The van der Waals surface area contributed by atoms with Crippen molar-refractivity contribution in [3.05, 3.63) is 0 Å². The number of aliphatic imine (C=N–C) groups is 1. The summed E-state index contributed by atoms with van der Waals surface area (Å²) in [6.45, 7) is 5.52. The van der Waals surface area contributed by atoms with Crippen LogP contribution in [0.15, 0.2) is 4.99 Å². The summed E-state index contributed by atoms with van der Waals surface area (Å²) in [5, 5.41) is 3.43. The number of piperazine rings is 1. The minimum atomic E-state index is -0.209. The number of carbonyl (C=O) groups excluding carboxylic acids is 1. The second-order valence-electron chi connectivity index (χ2n) is 7.42. The lowest BCUT2D eigenvalue weighted by Gasteiger charge is -2.37. The molecule has 0 aromatic rings. The molecule has 3 fully saturated rings. The van der Waals surface area contributed by atoms with Crippen LogP contribution in [0.3, 0.4) is 0 Å². The Morgan fingerprint density at radius 3 is 2.50 bits per heavy atom. The fourth-order valence-electron chi connectivity index (χ4n) is 4.02. The van der Waals surface area contributed by atoms with Crippen molar-refractivity contribution in [2.24, 2.45) is 4.99 Å². The Balaban J connectivity index is 1.32. The van der Waals surface area contributed by atoms with E-state index in [1.807, 2.05) is 11.9 Å². The van der Waals surface area contributed by atoms with Gasteiger partial charge in [-0.15, -0.1) is 0 Å². The van der Waals surface area contributed by atoms with Gasteiger partial charge in [0.25, 0.3) is 5.91 Å². The van der Waals surface area contributed by atoms with Gasteiger partial charge in [-0.1, -0.05) is 12.8 Å². The average molecular weight is 367 g/mol. The fourth-order valence-corrected chi connectivity index (χ4v) is 4.02. The van der Waals surface area contributed by atoms with Gasteiger partial charge < -0.3 is 24.6 Å². The molecule has 0 aromatic carbocycles. The molecule has 1 atom stereocenters. The lowest BCUT2D eigenvalue weighted by molar-refractivity contribution is -0.142. The van der Waals surface area contributed by atoms with Gasteiger partial charge in [-0.05, 0) is 32.1 Å². The van der Waals surface area contributed by atoms with Crippen LogP contribution in [0.1, 0.15) is 44.9 Å². The first-order chi connectivity index (χ1) is 12.8. The largest absolute Gasteiger partial charge is 0.378 e. The van der Waals surface area contributed by atoms with Gasteiger partial charge in [-0.2, -0.15) is 0 Å². The van der Waals surface area contributed by atoms with E-state index < -0.39 is 0 Å². The van der Waals surface area contributed by atoms with Crippen LogP contribution in [0.25, 0.3) is 0 Å². The van der Waals surface area contributed by atoms with E-state index in [9.17, 15) is 4.79 Å². The first kappa shape index (κ1) is 19.4. The maximum atomic E-state index is 12.4. The summed E-state index contributed by atoms with van der Waals surface area (Å²) in [6.07, 6.45) is 8.22. The molecule has 148 valence electrons. The van der Waals surface area contributed by atoms with E-state index in [0.717, 1.165) is 71.2 Å². The third-order valence-corrected chi connectivity index (χ3v) is 5.57. The minimum absolute atomic E-state index is 0.161.